The van der Waals surface area contributed by atoms with Gasteiger partial charge < -0.3 is 69.0 Å². The summed E-state index contributed by atoms with van der Waals surface area (Å²) in [6.45, 7) is 8.53. The zero-order chi connectivity index (χ0) is 60.4. The van der Waals surface area contributed by atoms with Crippen LogP contribution in [-0.4, -0.2) is 138 Å². The average molecular weight is 1170 g/mol. The van der Waals surface area contributed by atoms with E-state index in [0.717, 1.165) is 62.5 Å². The summed E-state index contributed by atoms with van der Waals surface area (Å²) in [7, 11) is 6.28. The number of carbonyl (C=O) groups is 6. The van der Waals surface area contributed by atoms with Crippen molar-refractivity contribution in [2.45, 2.75) is 154 Å². The molecule has 4 atom stereocenters. The van der Waals surface area contributed by atoms with Crippen LogP contribution >= 0.6 is 0 Å². The molecular weight excluding hydrogens is 1080 g/mol. The lowest BCUT2D eigenvalue weighted by atomic mass is 9.99. The molecule has 2 saturated heterocycles. The van der Waals surface area contributed by atoms with Gasteiger partial charge in [-0.1, -0.05) is 64.1 Å². The number of hydrogen-bond donors (Lipinski definition) is 4. The number of nitrogens with zero attached hydrogens (tertiary/aromatic N) is 2. The second kappa shape index (κ2) is 34.0. The van der Waals surface area contributed by atoms with Crippen molar-refractivity contribution < 1.29 is 66.7 Å². The summed E-state index contributed by atoms with van der Waals surface area (Å²) in [5.74, 6) is 1.26. The largest absolute Gasteiger partial charge is 0.493 e. The number of nitrogens with one attached hydrogen (secondary N) is 4. The maximum atomic E-state index is 14.1. The number of esters is 2. The second-order valence-electron chi connectivity index (χ2n) is 21.1. The van der Waals surface area contributed by atoms with Crippen molar-refractivity contribution in [3.8, 4) is 34.5 Å². The summed E-state index contributed by atoms with van der Waals surface area (Å²) in [5, 5.41) is 11.7. The maximum Gasteiger partial charge on any atom is 0.329 e. The molecule has 0 saturated carbocycles. The fourth-order valence-electron chi connectivity index (χ4n) is 10.4. The number of likely N-dealkylation sites (tertiary alicyclic amines) is 2. The summed E-state index contributed by atoms with van der Waals surface area (Å²) in [4.78, 5) is 84.4. The molecule has 0 aromatic heterocycles. The fourth-order valence-corrected chi connectivity index (χ4v) is 10.4. The van der Waals surface area contributed by atoms with Gasteiger partial charge >= 0.3 is 24.0 Å². The van der Waals surface area contributed by atoms with E-state index in [2.05, 4.69) is 21.3 Å². The third-order valence-electron chi connectivity index (χ3n) is 15.5. The quantitative estimate of drug-likeness (QED) is 0.0272. The first kappa shape index (κ1) is 65.3. The Labute approximate surface area is 495 Å². The number of hydrogen-bond acceptors (Lipinski definition) is 14. The standard InChI is InChI=1S/C64H88N6O14/c1-9-47(10-2)67-63(75)69-35-15-13-23-51(69)61(73)83-53(29-25-43-27-31-55(77-5)57(37-43)79-7)45-19-17-21-49(39-45)81-41-59(71)65-33-34-66-60(72)42-82-50-22-18-20-46(40-50)54(30-26-44-28-32-56(78-6)58(38-44)80-8)84-62(74)52-24-14-16-36-70(52)64(76)68-48(11-3)12-4/h17-22,27-28,31-32,37-40,47-48,51-54H,9-16,23-26,29-30,33-36,41-42H2,1-8H3,(H,65,71)(H,66,72)(H,67,75)(H,68,76)/t51-,52-,53+,54+/m0/s1. The van der Waals surface area contributed by atoms with Gasteiger partial charge in [-0.2, -0.15) is 0 Å². The van der Waals surface area contributed by atoms with Gasteiger partial charge in [0.1, 0.15) is 35.8 Å². The van der Waals surface area contributed by atoms with Crippen LogP contribution in [0.4, 0.5) is 9.59 Å². The molecule has 4 aromatic rings. The smallest absolute Gasteiger partial charge is 0.329 e. The van der Waals surface area contributed by atoms with Crippen molar-refractivity contribution in [3.63, 3.8) is 0 Å². The van der Waals surface area contributed by atoms with Crippen LogP contribution in [0.3, 0.4) is 0 Å². The highest BCUT2D eigenvalue weighted by Crippen LogP contribution is 2.35. The fraction of sp³-hybridized carbons (Fsp3) is 0.531. The number of amides is 6. The Hall–Kier alpha value is -7.90. The summed E-state index contributed by atoms with van der Waals surface area (Å²) in [5.41, 5.74) is 3.17. The van der Waals surface area contributed by atoms with Crippen LogP contribution in [0.2, 0.25) is 0 Å². The predicted molar refractivity (Wildman–Crippen MR) is 318 cm³/mol. The van der Waals surface area contributed by atoms with Crippen LogP contribution in [0.25, 0.3) is 0 Å². The minimum absolute atomic E-state index is 0.00139. The van der Waals surface area contributed by atoms with Crippen molar-refractivity contribution in [1.82, 2.24) is 31.1 Å². The van der Waals surface area contributed by atoms with E-state index in [1.54, 1.807) is 74.6 Å². The van der Waals surface area contributed by atoms with Gasteiger partial charge in [-0.05, 0) is 161 Å². The van der Waals surface area contributed by atoms with Crippen LogP contribution in [0.1, 0.15) is 139 Å². The molecule has 20 heteroatoms. The second-order valence-corrected chi connectivity index (χ2v) is 21.1. The first-order valence-electron chi connectivity index (χ1n) is 29.7. The molecule has 20 nitrogen and oxygen atoms in total. The average Bonchev–Trinajstić information content (AvgIpc) is 3.70. The van der Waals surface area contributed by atoms with Gasteiger partial charge in [-0.15, -0.1) is 0 Å². The highest BCUT2D eigenvalue weighted by Gasteiger charge is 2.37. The van der Waals surface area contributed by atoms with Gasteiger partial charge in [0, 0.05) is 38.3 Å². The lowest BCUT2D eigenvalue weighted by molar-refractivity contribution is -0.157. The molecule has 2 fully saturated rings. The minimum atomic E-state index is -0.748. The Balaban J connectivity index is 1.03. The molecule has 6 amide bonds. The van der Waals surface area contributed by atoms with Crippen molar-refractivity contribution in [2.24, 2.45) is 0 Å². The summed E-state index contributed by atoms with van der Waals surface area (Å²) in [6, 6.07) is 23.3. The number of carbonyl (C=O) groups excluding carboxylic acids is 6. The van der Waals surface area contributed by atoms with E-state index in [1.807, 2.05) is 76.2 Å². The molecular formula is C64H88N6O14. The van der Waals surface area contributed by atoms with Gasteiger partial charge in [-0.3, -0.25) is 9.59 Å². The summed E-state index contributed by atoms with van der Waals surface area (Å²) in [6.07, 6.45) is 7.55. The van der Waals surface area contributed by atoms with E-state index in [0.29, 0.717) is 97.2 Å². The summed E-state index contributed by atoms with van der Waals surface area (Å²) >= 11 is 0. The van der Waals surface area contributed by atoms with Crippen LogP contribution in [0.5, 0.6) is 34.5 Å². The predicted octanol–water partition coefficient (Wildman–Crippen LogP) is 9.35. The van der Waals surface area contributed by atoms with Crippen molar-refractivity contribution in [1.29, 1.82) is 0 Å². The number of piperidine rings is 2. The number of urea groups is 2. The molecule has 4 aromatic carbocycles. The van der Waals surface area contributed by atoms with Crippen molar-refractivity contribution in [2.75, 3.05) is 67.8 Å². The monoisotopic (exact) mass is 1160 g/mol. The molecule has 4 N–H and O–H groups in total. The van der Waals surface area contributed by atoms with E-state index in [1.165, 1.54) is 0 Å². The first-order valence-corrected chi connectivity index (χ1v) is 29.7. The van der Waals surface area contributed by atoms with E-state index >= 15 is 0 Å². The third kappa shape index (κ3) is 19.3. The molecule has 0 spiro atoms. The normalized spacial score (nSPS) is 15.7. The molecule has 0 bridgehead atoms. The molecule has 84 heavy (non-hydrogen) atoms. The van der Waals surface area contributed by atoms with E-state index < -0.39 is 48.0 Å². The molecule has 0 aliphatic carbocycles. The number of rotatable bonds is 31. The molecule has 6 rings (SSSR count). The molecule has 458 valence electrons. The zero-order valence-electron chi connectivity index (χ0n) is 50.3. The highest BCUT2D eigenvalue weighted by atomic mass is 16.6. The first-order chi connectivity index (χ1) is 40.7. The van der Waals surface area contributed by atoms with Crippen LogP contribution in [0, 0.1) is 0 Å². The van der Waals surface area contributed by atoms with E-state index in [4.69, 9.17) is 37.9 Å². The zero-order valence-corrected chi connectivity index (χ0v) is 50.3. The van der Waals surface area contributed by atoms with Gasteiger partial charge in [0.05, 0.1) is 28.4 Å². The third-order valence-corrected chi connectivity index (χ3v) is 15.5. The summed E-state index contributed by atoms with van der Waals surface area (Å²) < 4.78 is 46.4. The van der Waals surface area contributed by atoms with E-state index in [9.17, 15) is 28.8 Å². The highest BCUT2D eigenvalue weighted by molar-refractivity contribution is 5.85. The van der Waals surface area contributed by atoms with Crippen molar-refractivity contribution >= 4 is 35.8 Å². The van der Waals surface area contributed by atoms with E-state index in [-0.39, 0.29) is 50.4 Å². The number of ether oxygens (including phenoxy) is 8. The topological polar surface area (TPSA) is 231 Å². The lowest BCUT2D eigenvalue weighted by Crippen LogP contribution is -2.54. The number of benzene rings is 4. The maximum absolute atomic E-state index is 14.1. The van der Waals surface area contributed by atoms with Gasteiger partial charge in [0.15, 0.2) is 36.2 Å². The lowest BCUT2D eigenvalue weighted by Gasteiger charge is -2.36. The number of methoxy groups -OCH3 is 4. The molecule has 2 aliphatic rings. The molecule has 2 heterocycles. The molecule has 0 radical (unpaired) electrons. The van der Waals surface area contributed by atoms with Gasteiger partial charge in [0.25, 0.3) is 11.8 Å². The molecule has 0 unspecified atom stereocenters. The van der Waals surface area contributed by atoms with Gasteiger partial charge in [0.2, 0.25) is 0 Å². The van der Waals surface area contributed by atoms with Crippen LogP contribution in [0.15, 0.2) is 84.9 Å². The number of aryl methyl sites for hydroxylation is 2. The molecule has 2 aliphatic heterocycles. The Morgan fingerprint density at radius 1 is 0.500 bits per heavy atom. The van der Waals surface area contributed by atoms with Gasteiger partial charge in [-0.25, -0.2) is 19.2 Å². The Morgan fingerprint density at radius 3 is 1.26 bits per heavy atom. The SMILES string of the molecule is CCC(CC)NC(=O)N1CCCC[C@H]1C(=O)O[C@H](CCc1ccc(OC)c(OC)c1)c1cccc(OCC(=O)NCCNC(=O)COc2cccc([C@@H](CCc3ccc(OC)c(OC)c3)OC(=O)[C@@H]3CCCCN3C(=O)NC(CC)CC)c2)c1. The Bertz CT molecular complexity index is 2590. The minimum Gasteiger partial charge on any atom is -0.493 e. The Kier molecular flexibility index (Phi) is 26.4. The Morgan fingerprint density at radius 2 is 0.893 bits per heavy atom. The van der Waals surface area contributed by atoms with Crippen LogP contribution < -0.4 is 49.7 Å². The van der Waals surface area contributed by atoms with Crippen molar-refractivity contribution in [3.05, 3.63) is 107 Å². The van der Waals surface area contributed by atoms with Crippen LogP contribution in [-0.2, 0) is 41.5 Å².